The van der Waals surface area contributed by atoms with E-state index in [1.54, 1.807) is 6.07 Å². The van der Waals surface area contributed by atoms with Gasteiger partial charge in [-0.1, -0.05) is 31.4 Å². The van der Waals surface area contributed by atoms with Crippen molar-refractivity contribution < 1.29 is 13.2 Å². The lowest BCUT2D eigenvalue weighted by atomic mass is 9.78. The highest BCUT2D eigenvalue weighted by Crippen LogP contribution is 2.33. The van der Waals surface area contributed by atoms with E-state index in [1.807, 2.05) is 18.2 Å². The van der Waals surface area contributed by atoms with Gasteiger partial charge in [-0.05, 0) is 36.8 Å². The fourth-order valence-corrected chi connectivity index (χ4v) is 3.42. The summed E-state index contributed by atoms with van der Waals surface area (Å²) in [5.41, 5.74) is 0.555. The zero-order chi connectivity index (χ0) is 15.8. The van der Waals surface area contributed by atoms with E-state index in [4.69, 9.17) is 10.00 Å². The van der Waals surface area contributed by atoms with Gasteiger partial charge in [0.25, 0.3) is 0 Å². The average molecular weight is 322 g/mol. The number of nitrogens with zero attached hydrogens (tertiary/aromatic N) is 1. The lowest BCUT2D eigenvalue weighted by Crippen LogP contribution is -2.28. The molecule has 2 atom stereocenters. The van der Waals surface area contributed by atoms with Crippen LogP contribution in [-0.2, 0) is 10.9 Å². The molecule has 0 heterocycles. The summed E-state index contributed by atoms with van der Waals surface area (Å²) in [6, 6.07) is 9.40. The van der Waals surface area contributed by atoms with Gasteiger partial charge >= 0.3 is 0 Å². The molecule has 0 aliphatic heterocycles. The highest BCUT2D eigenvalue weighted by molar-refractivity contribution is 7.70. The number of nitrogens with one attached hydrogen (secondary N) is 1. The Balaban J connectivity index is 1.89. The number of ether oxygens (including phenoxy) is 1. The SMILES string of the molecule is N#Cc1ccccc1OCC1CCCCC1CCN[SH](=O)=O. The third-order valence-electron chi connectivity index (χ3n) is 4.28. The van der Waals surface area contributed by atoms with Crippen LogP contribution in [0.1, 0.15) is 37.7 Å². The Morgan fingerprint density at radius 3 is 2.68 bits per heavy atom. The van der Waals surface area contributed by atoms with Gasteiger partial charge in [-0.3, -0.25) is 0 Å². The first-order valence-corrected chi connectivity index (χ1v) is 8.88. The van der Waals surface area contributed by atoms with Gasteiger partial charge in [-0.25, -0.2) is 13.1 Å². The van der Waals surface area contributed by atoms with Crippen LogP contribution in [-0.4, -0.2) is 21.6 Å². The van der Waals surface area contributed by atoms with E-state index < -0.39 is 10.9 Å². The number of para-hydroxylation sites is 1. The fraction of sp³-hybridized carbons (Fsp3) is 0.562. The standard InChI is InChI=1S/C16H22N2O3S/c17-11-14-6-3-4-8-16(14)21-12-15-7-2-1-5-13(15)9-10-18-22(19)20/h3-4,6,8,13,15,22H,1-2,5,7,9-10,12H2,(H,18,19,20). The molecule has 0 amide bonds. The van der Waals surface area contributed by atoms with E-state index in [0.717, 1.165) is 19.3 Å². The Labute approximate surface area is 133 Å². The molecule has 2 rings (SSSR count). The van der Waals surface area contributed by atoms with Crippen molar-refractivity contribution in [2.45, 2.75) is 32.1 Å². The number of rotatable bonds is 7. The molecule has 1 aliphatic rings. The van der Waals surface area contributed by atoms with E-state index >= 15 is 0 Å². The molecule has 1 aliphatic carbocycles. The monoisotopic (exact) mass is 322 g/mol. The molecule has 0 spiro atoms. The van der Waals surface area contributed by atoms with Gasteiger partial charge in [-0.2, -0.15) is 5.26 Å². The number of hydrogen-bond donors (Lipinski definition) is 2. The Morgan fingerprint density at radius 2 is 1.95 bits per heavy atom. The molecule has 0 saturated heterocycles. The third-order valence-corrected chi connectivity index (χ3v) is 4.76. The molecule has 6 heteroatoms. The van der Waals surface area contributed by atoms with Gasteiger partial charge in [0.1, 0.15) is 11.8 Å². The molecule has 0 aromatic heterocycles. The Bertz CT molecular complexity index is 587. The summed E-state index contributed by atoms with van der Waals surface area (Å²) in [5.74, 6) is 1.53. The predicted molar refractivity (Wildman–Crippen MR) is 85.0 cm³/mol. The summed E-state index contributed by atoms with van der Waals surface area (Å²) in [7, 11) is -2.51. The molecule has 22 heavy (non-hydrogen) atoms. The summed E-state index contributed by atoms with van der Waals surface area (Å²) in [6.45, 7) is 1.08. The van der Waals surface area contributed by atoms with Crippen LogP contribution in [0.3, 0.4) is 0 Å². The van der Waals surface area contributed by atoms with E-state index in [1.165, 1.54) is 12.8 Å². The van der Waals surface area contributed by atoms with Crippen molar-refractivity contribution in [1.29, 1.82) is 5.26 Å². The molecular weight excluding hydrogens is 300 g/mol. The normalized spacial score (nSPS) is 21.5. The molecule has 1 N–H and O–H groups in total. The van der Waals surface area contributed by atoms with Crippen LogP contribution in [0.15, 0.2) is 24.3 Å². The van der Waals surface area contributed by atoms with Gasteiger partial charge in [0.05, 0.1) is 12.2 Å². The summed E-state index contributed by atoms with van der Waals surface area (Å²) >= 11 is 0. The highest BCUT2D eigenvalue weighted by Gasteiger charge is 2.25. The minimum Gasteiger partial charge on any atom is -0.492 e. The second-order valence-electron chi connectivity index (χ2n) is 5.68. The zero-order valence-corrected chi connectivity index (χ0v) is 13.4. The second kappa shape index (κ2) is 8.76. The average Bonchev–Trinajstić information content (AvgIpc) is 2.54. The van der Waals surface area contributed by atoms with Gasteiger partial charge in [0.2, 0.25) is 10.9 Å². The molecule has 1 saturated carbocycles. The van der Waals surface area contributed by atoms with Gasteiger partial charge in [0.15, 0.2) is 0 Å². The maximum absolute atomic E-state index is 10.6. The van der Waals surface area contributed by atoms with Crippen LogP contribution in [0.25, 0.3) is 0 Å². The Kier molecular flexibility index (Phi) is 6.69. The van der Waals surface area contributed by atoms with Crippen LogP contribution in [0.5, 0.6) is 5.75 Å². The predicted octanol–water partition coefficient (Wildman–Crippen LogP) is 2.25. The largest absolute Gasteiger partial charge is 0.492 e. The van der Waals surface area contributed by atoms with Crippen molar-refractivity contribution in [3.63, 3.8) is 0 Å². The molecule has 1 aromatic carbocycles. The van der Waals surface area contributed by atoms with E-state index in [2.05, 4.69) is 10.8 Å². The van der Waals surface area contributed by atoms with Crippen LogP contribution in [0.2, 0.25) is 0 Å². The minimum absolute atomic E-state index is 0.423. The summed E-state index contributed by atoms with van der Waals surface area (Å²) in [5, 5.41) is 9.08. The quantitative estimate of drug-likeness (QED) is 0.755. The van der Waals surface area contributed by atoms with Gasteiger partial charge < -0.3 is 4.74 Å². The molecule has 0 radical (unpaired) electrons. The molecule has 0 bridgehead atoms. The first kappa shape index (κ1) is 16.8. The van der Waals surface area contributed by atoms with Crippen LogP contribution < -0.4 is 9.46 Å². The van der Waals surface area contributed by atoms with Crippen molar-refractivity contribution in [2.24, 2.45) is 11.8 Å². The lowest BCUT2D eigenvalue weighted by Gasteiger charge is -2.31. The third kappa shape index (κ3) is 5.00. The summed E-state index contributed by atoms with van der Waals surface area (Å²) < 4.78 is 29.5. The molecule has 120 valence electrons. The van der Waals surface area contributed by atoms with Gasteiger partial charge in [-0.15, -0.1) is 0 Å². The second-order valence-corrected chi connectivity index (χ2v) is 6.51. The molecule has 5 nitrogen and oxygen atoms in total. The summed E-state index contributed by atoms with van der Waals surface area (Å²) in [4.78, 5) is 0. The Morgan fingerprint density at radius 1 is 1.23 bits per heavy atom. The maximum atomic E-state index is 10.6. The first-order chi connectivity index (χ1) is 10.7. The Hall–Kier alpha value is -1.58. The lowest BCUT2D eigenvalue weighted by molar-refractivity contribution is 0.143. The van der Waals surface area contributed by atoms with Crippen LogP contribution in [0.4, 0.5) is 0 Å². The zero-order valence-electron chi connectivity index (χ0n) is 12.5. The maximum Gasteiger partial charge on any atom is 0.201 e. The van der Waals surface area contributed by atoms with Crippen molar-refractivity contribution in [1.82, 2.24) is 4.72 Å². The van der Waals surface area contributed by atoms with Crippen molar-refractivity contribution in [3.05, 3.63) is 29.8 Å². The van der Waals surface area contributed by atoms with E-state index in [0.29, 0.717) is 36.3 Å². The van der Waals surface area contributed by atoms with Crippen molar-refractivity contribution in [2.75, 3.05) is 13.2 Å². The van der Waals surface area contributed by atoms with Crippen molar-refractivity contribution in [3.8, 4) is 11.8 Å². The topological polar surface area (TPSA) is 79.2 Å². The van der Waals surface area contributed by atoms with E-state index in [9.17, 15) is 8.42 Å². The first-order valence-electron chi connectivity index (χ1n) is 7.70. The number of hydrogen-bond acceptors (Lipinski definition) is 4. The smallest absolute Gasteiger partial charge is 0.201 e. The molecule has 1 fully saturated rings. The fourth-order valence-electron chi connectivity index (χ4n) is 3.11. The van der Waals surface area contributed by atoms with Crippen molar-refractivity contribution >= 4 is 10.9 Å². The van der Waals surface area contributed by atoms with Crippen LogP contribution in [0, 0.1) is 23.2 Å². The minimum atomic E-state index is -2.51. The molecular formula is C16H22N2O3S. The highest BCUT2D eigenvalue weighted by atomic mass is 32.2. The number of thiol groups is 1. The van der Waals surface area contributed by atoms with Crippen LogP contribution >= 0.6 is 0 Å². The molecule has 1 aromatic rings. The number of nitriles is 1. The number of benzene rings is 1. The summed E-state index contributed by atoms with van der Waals surface area (Å²) in [6.07, 6.45) is 5.44. The van der Waals surface area contributed by atoms with Gasteiger partial charge in [0, 0.05) is 6.54 Å². The van der Waals surface area contributed by atoms with E-state index in [-0.39, 0.29) is 0 Å². The molecule has 2 unspecified atom stereocenters.